The Balaban J connectivity index is 1.99. The maximum Gasteiger partial charge on any atom is 0.213 e. The van der Waals surface area contributed by atoms with Gasteiger partial charge in [0.15, 0.2) is 0 Å². The summed E-state index contributed by atoms with van der Waals surface area (Å²) in [5.41, 5.74) is 7.23. The van der Waals surface area contributed by atoms with Crippen LogP contribution in [0, 0.1) is 0 Å². The van der Waals surface area contributed by atoms with Crippen LogP contribution < -0.4 is 10.5 Å². The topological polar surface area (TPSA) is 48.1 Å². The fourth-order valence-corrected chi connectivity index (χ4v) is 2.14. The van der Waals surface area contributed by atoms with E-state index in [4.69, 9.17) is 10.5 Å². The quantitative estimate of drug-likeness (QED) is 0.855. The minimum absolute atomic E-state index is 0.140. The fourth-order valence-electron chi connectivity index (χ4n) is 2.14. The normalized spacial score (nSPS) is 24.9. The molecule has 1 saturated carbocycles. The summed E-state index contributed by atoms with van der Waals surface area (Å²) in [6.07, 6.45) is 5.21. The molecule has 1 aliphatic rings. The molecule has 1 aromatic heterocycles. The Hall–Kier alpha value is -1.09. The third-order valence-corrected chi connectivity index (χ3v) is 3.31. The van der Waals surface area contributed by atoms with E-state index in [0.717, 1.165) is 25.1 Å². The summed E-state index contributed by atoms with van der Waals surface area (Å²) in [6, 6.07) is 4.36. The van der Waals surface area contributed by atoms with Gasteiger partial charge < -0.3 is 10.5 Å². The van der Waals surface area contributed by atoms with E-state index in [0.29, 0.717) is 6.04 Å². The highest BCUT2D eigenvalue weighted by Gasteiger charge is 2.23. The summed E-state index contributed by atoms with van der Waals surface area (Å²) < 4.78 is 5.82. The zero-order chi connectivity index (χ0) is 12.5. The van der Waals surface area contributed by atoms with Gasteiger partial charge in [-0.15, -0.1) is 0 Å². The average molecular weight is 234 g/mol. The number of nitrogens with two attached hydrogens (primary N) is 1. The molecule has 0 aliphatic heterocycles. The summed E-state index contributed by atoms with van der Waals surface area (Å²) in [5, 5.41) is 0. The molecular formula is C14H22N2O. The van der Waals surface area contributed by atoms with Crippen molar-refractivity contribution in [2.24, 2.45) is 5.73 Å². The number of nitrogens with zero attached hydrogens (tertiary/aromatic N) is 1. The van der Waals surface area contributed by atoms with Crippen LogP contribution in [-0.2, 0) is 5.41 Å². The van der Waals surface area contributed by atoms with Crippen LogP contribution in [0.3, 0.4) is 0 Å². The first-order valence-electron chi connectivity index (χ1n) is 6.34. The summed E-state index contributed by atoms with van der Waals surface area (Å²) in [5.74, 6) is 0.720. The molecule has 0 radical (unpaired) electrons. The molecule has 2 atom stereocenters. The smallest absolute Gasteiger partial charge is 0.213 e. The van der Waals surface area contributed by atoms with Gasteiger partial charge in [0.2, 0.25) is 5.88 Å². The van der Waals surface area contributed by atoms with Gasteiger partial charge in [-0.05, 0) is 30.2 Å². The van der Waals surface area contributed by atoms with Crippen LogP contribution in [-0.4, -0.2) is 17.1 Å². The Morgan fingerprint density at radius 2 is 2.06 bits per heavy atom. The van der Waals surface area contributed by atoms with Crippen molar-refractivity contribution in [1.29, 1.82) is 0 Å². The first-order chi connectivity index (χ1) is 7.95. The summed E-state index contributed by atoms with van der Waals surface area (Å²) in [7, 11) is 0. The van der Waals surface area contributed by atoms with Gasteiger partial charge in [-0.1, -0.05) is 26.8 Å². The molecule has 0 bridgehead atoms. The molecule has 0 saturated heterocycles. The molecular weight excluding hydrogens is 212 g/mol. The van der Waals surface area contributed by atoms with E-state index in [9.17, 15) is 0 Å². The van der Waals surface area contributed by atoms with Gasteiger partial charge in [0.05, 0.1) is 0 Å². The maximum absolute atomic E-state index is 5.86. The van der Waals surface area contributed by atoms with Crippen molar-refractivity contribution in [1.82, 2.24) is 4.98 Å². The van der Waals surface area contributed by atoms with Crippen molar-refractivity contribution in [3.8, 4) is 5.88 Å². The molecule has 1 fully saturated rings. The van der Waals surface area contributed by atoms with Crippen LogP contribution in [0.4, 0.5) is 0 Å². The molecule has 1 heterocycles. The number of pyridine rings is 1. The van der Waals surface area contributed by atoms with Gasteiger partial charge in [-0.2, -0.15) is 0 Å². The van der Waals surface area contributed by atoms with Crippen LogP contribution in [0.15, 0.2) is 18.3 Å². The molecule has 1 aromatic rings. The number of aromatic nitrogens is 1. The summed E-state index contributed by atoms with van der Waals surface area (Å²) in [6.45, 7) is 6.54. The van der Waals surface area contributed by atoms with E-state index in [2.05, 4.69) is 31.8 Å². The zero-order valence-corrected chi connectivity index (χ0v) is 10.9. The second-order valence-corrected chi connectivity index (χ2v) is 5.95. The molecule has 0 spiro atoms. The number of rotatable bonds is 2. The highest BCUT2D eigenvalue weighted by atomic mass is 16.5. The molecule has 2 unspecified atom stereocenters. The molecule has 2 N–H and O–H groups in total. The highest BCUT2D eigenvalue weighted by Crippen LogP contribution is 2.25. The molecule has 94 valence electrons. The molecule has 1 aliphatic carbocycles. The van der Waals surface area contributed by atoms with Gasteiger partial charge in [-0.3, -0.25) is 0 Å². The molecule has 0 aromatic carbocycles. The summed E-state index contributed by atoms with van der Waals surface area (Å²) >= 11 is 0. The Labute approximate surface area is 103 Å². The second kappa shape index (κ2) is 4.65. The maximum atomic E-state index is 5.86. The van der Waals surface area contributed by atoms with Crippen LogP contribution in [0.2, 0.25) is 0 Å². The van der Waals surface area contributed by atoms with Crippen molar-refractivity contribution in [2.45, 2.75) is 57.6 Å². The Morgan fingerprint density at radius 3 is 2.53 bits per heavy atom. The number of hydrogen-bond acceptors (Lipinski definition) is 3. The molecule has 3 heteroatoms. The first kappa shape index (κ1) is 12.4. The van der Waals surface area contributed by atoms with Crippen LogP contribution >= 0.6 is 0 Å². The van der Waals surface area contributed by atoms with E-state index < -0.39 is 0 Å². The minimum Gasteiger partial charge on any atom is -0.474 e. The van der Waals surface area contributed by atoms with E-state index in [1.807, 2.05) is 12.3 Å². The van der Waals surface area contributed by atoms with E-state index >= 15 is 0 Å². The summed E-state index contributed by atoms with van der Waals surface area (Å²) in [4.78, 5) is 4.37. The van der Waals surface area contributed by atoms with Gasteiger partial charge in [0, 0.05) is 18.3 Å². The molecule has 3 nitrogen and oxygen atoms in total. The molecule has 0 amide bonds. The van der Waals surface area contributed by atoms with E-state index in [1.165, 1.54) is 5.56 Å². The van der Waals surface area contributed by atoms with Crippen molar-refractivity contribution in [3.63, 3.8) is 0 Å². The van der Waals surface area contributed by atoms with Crippen LogP contribution in [0.5, 0.6) is 5.88 Å². The monoisotopic (exact) mass is 234 g/mol. The SMILES string of the molecule is CC(C)(C)c1ccc(OC2CCC(N)C2)nc1. The van der Waals surface area contributed by atoms with Crippen LogP contribution in [0.1, 0.15) is 45.6 Å². The Kier molecular flexibility index (Phi) is 3.38. The fraction of sp³-hybridized carbons (Fsp3) is 0.643. The van der Waals surface area contributed by atoms with Crippen molar-refractivity contribution in [2.75, 3.05) is 0 Å². The number of hydrogen-bond donors (Lipinski definition) is 1. The zero-order valence-electron chi connectivity index (χ0n) is 10.9. The van der Waals surface area contributed by atoms with Crippen molar-refractivity contribution in [3.05, 3.63) is 23.9 Å². The predicted octanol–water partition coefficient (Wildman–Crippen LogP) is 2.64. The first-order valence-corrected chi connectivity index (χ1v) is 6.34. The van der Waals surface area contributed by atoms with Crippen molar-refractivity contribution < 1.29 is 4.74 Å². The van der Waals surface area contributed by atoms with Crippen molar-refractivity contribution >= 4 is 0 Å². The predicted molar refractivity (Wildman–Crippen MR) is 69.2 cm³/mol. The highest BCUT2D eigenvalue weighted by molar-refractivity contribution is 5.23. The molecule has 17 heavy (non-hydrogen) atoms. The van der Waals surface area contributed by atoms with E-state index in [1.54, 1.807) is 0 Å². The van der Waals surface area contributed by atoms with Gasteiger partial charge in [0.1, 0.15) is 6.10 Å². The third-order valence-electron chi connectivity index (χ3n) is 3.31. The van der Waals surface area contributed by atoms with Gasteiger partial charge in [0.25, 0.3) is 0 Å². The Bertz CT molecular complexity index is 367. The van der Waals surface area contributed by atoms with Gasteiger partial charge >= 0.3 is 0 Å². The lowest BCUT2D eigenvalue weighted by molar-refractivity contribution is 0.199. The second-order valence-electron chi connectivity index (χ2n) is 5.95. The third kappa shape index (κ3) is 3.19. The molecule has 2 rings (SSSR count). The Morgan fingerprint density at radius 1 is 1.29 bits per heavy atom. The van der Waals surface area contributed by atoms with E-state index in [-0.39, 0.29) is 11.5 Å². The largest absolute Gasteiger partial charge is 0.474 e. The lowest BCUT2D eigenvalue weighted by Crippen LogP contribution is -2.19. The minimum atomic E-state index is 0.140. The van der Waals surface area contributed by atoms with Gasteiger partial charge in [-0.25, -0.2) is 4.98 Å². The number of ether oxygens (including phenoxy) is 1. The van der Waals surface area contributed by atoms with Crippen LogP contribution in [0.25, 0.3) is 0 Å². The average Bonchev–Trinajstić information content (AvgIpc) is 2.63. The lowest BCUT2D eigenvalue weighted by Gasteiger charge is -2.19. The standard InChI is InChI=1S/C14H22N2O/c1-14(2,3)10-4-7-13(16-9-10)17-12-6-5-11(15)8-12/h4,7,9,11-12H,5-6,8,15H2,1-3H3. The lowest BCUT2D eigenvalue weighted by atomic mass is 9.88.